The van der Waals surface area contributed by atoms with Crippen molar-refractivity contribution in [3.63, 3.8) is 0 Å². The van der Waals surface area contributed by atoms with Crippen LogP contribution >= 0.6 is 43.1 Å². The second-order valence-electron chi connectivity index (χ2n) is 9.55. The maximum Gasteiger partial charge on any atom is 0.317 e. The van der Waals surface area contributed by atoms with Gasteiger partial charge in [0.2, 0.25) is 0 Å². The van der Waals surface area contributed by atoms with Crippen LogP contribution in [0.3, 0.4) is 0 Å². The van der Waals surface area contributed by atoms with Gasteiger partial charge in [0.1, 0.15) is 35.7 Å². The standard InChI is InChI=1S/3C10H19N2S.H3O4P/c3*1-5-9-8-12(6-2)10(11(9)4)13-7-3;1-5(2,3)4/h3*8H,5-7H2,1-4H3;(H3,1,2,3,4)/q3*+1;/p-3. The van der Waals surface area contributed by atoms with Crippen molar-refractivity contribution in [3.8, 4) is 0 Å². The van der Waals surface area contributed by atoms with E-state index in [2.05, 4.69) is 129 Å². The summed E-state index contributed by atoms with van der Waals surface area (Å²) in [6.45, 7) is 23.0. The molecule has 3 rings (SSSR count). The minimum absolute atomic E-state index is 1.07. The minimum Gasteiger partial charge on any atom is -0.822 e. The Kier molecular flexibility index (Phi) is 21.7. The highest BCUT2D eigenvalue weighted by Gasteiger charge is 2.19. The Morgan fingerprint density at radius 1 is 0.545 bits per heavy atom. The Hall–Kier alpha value is -1.21. The van der Waals surface area contributed by atoms with E-state index < -0.39 is 7.82 Å². The van der Waals surface area contributed by atoms with Crippen molar-refractivity contribution in [1.82, 2.24) is 13.7 Å². The molecule has 3 aromatic heterocycles. The number of aryl methyl sites for hydroxylation is 6. The van der Waals surface area contributed by atoms with E-state index in [1.807, 2.05) is 35.3 Å². The van der Waals surface area contributed by atoms with E-state index in [4.69, 9.17) is 19.2 Å². The summed E-state index contributed by atoms with van der Waals surface area (Å²) in [6.07, 6.45) is 10.1. The van der Waals surface area contributed by atoms with Crippen LogP contribution < -0.4 is 28.4 Å². The third-order valence-corrected chi connectivity index (χ3v) is 9.90. The molecule has 44 heavy (non-hydrogen) atoms. The van der Waals surface area contributed by atoms with E-state index in [-0.39, 0.29) is 0 Å². The monoisotopic (exact) mass is 692 g/mol. The summed E-state index contributed by atoms with van der Waals surface area (Å²) < 4.78 is 22.4. The summed E-state index contributed by atoms with van der Waals surface area (Å²) in [5, 5.41) is 4.13. The molecule has 0 aliphatic rings. The molecule has 0 spiro atoms. The van der Waals surface area contributed by atoms with Gasteiger partial charge in [0.05, 0.1) is 40.8 Å². The van der Waals surface area contributed by atoms with Crippen LogP contribution in [0.15, 0.2) is 34.1 Å². The number of aromatic nitrogens is 6. The highest BCUT2D eigenvalue weighted by atomic mass is 32.2. The molecule has 0 N–H and O–H groups in total. The van der Waals surface area contributed by atoms with Crippen LogP contribution in [-0.4, -0.2) is 31.0 Å². The van der Waals surface area contributed by atoms with Crippen LogP contribution in [-0.2, 0) is 64.6 Å². The van der Waals surface area contributed by atoms with E-state index in [1.54, 1.807) is 0 Å². The van der Waals surface area contributed by atoms with Crippen molar-refractivity contribution >= 4 is 43.1 Å². The van der Waals surface area contributed by atoms with Gasteiger partial charge in [-0.1, -0.05) is 41.5 Å². The van der Waals surface area contributed by atoms with Crippen molar-refractivity contribution in [3.05, 3.63) is 35.7 Å². The number of phosphoric acid groups is 1. The average molecular weight is 693 g/mol. The van der Waals surface area contributed by atoms with Gasteiger partial charge in [-0.05, 0) is 56.1 Å². The highest BCUT2D eigenvalue weighted by Crippen LogP contribution is 2.17. The normalized spacial score (nSPS) is 10.9. The van der Waals surface area contributed by atoms with E-state index in [0.717, 1.165) is 56.2 Å². The molecule has 0 fully saturated rings. The number of hydrogen-bond donors (Lipinski definition) is 0. The Morgan fingerprint density at radius 3 is 0.886 bits per heavy atom. The maximum atomic E-state index is 8.55. The number of rotatable bonds is 12. The molecule has 0 atom stereocenters. The first-order chi connectivity index (χ1) is 20.7. The first kappa shape index (κ1) is 42.8. The summed E-state index contributed by atoms with van der Waals surface area (Å²) in [7, 11) is 1.08. The van der Waals surface area contributed by atoms with Gasteiger partial charge in [-0.15, -0.1) is 0 Å². The summed E-state index contributed by atoms with van der Waals surface area (Å²) in [5.41, 5.74) is 4.24. The van der Waals surface area contributed by atoms with Gasteiger partial charge in [-0.2, -0.15) is 7.82 Å². The first-order valence-corrected chi connectivity index (χ1v) is 20.0. The van der Waals surface area contributed by atoms with Gasteiger partial charge in [0.25, 0.3) is 0 Å². The molecule has 0 amide bonds. The van der Waals surface area contributed by atoms with Gasteiger partial charge >= 0.3 is 15.5 Å². The lowest BCUT2D eigenvalue weighted by Gasteiger charge is -2.36. The fraction of sp³-hybridized carbons (Fsp3) is 0.700. The van der Waals surface area contributed by atoms with Crippen LogP contribution in [0, 0.1) is 0 Å². The number of nitrogens with zero attached hydrogens (tertiary/aromatic N) is 6. The van der Waals surface area contributed by atoms with Crippen LogP contribution in [0.25, 0.3) is 0 Å². The second kappa shape index (κ2) is 22.3. The average Bonchev–Trinajstić information content (AvgIpc) is 3.59. The van der Waals surface area contributed by atoms with Crippen molar-refractivity contribution in [2.45, 2.75) is 117 Å². The lowest BCUT2D eigenvalue weighted by molar-refractivity contribution is -0.730. The first-order valence-electron chi connectivity index (χ1n) is 15.6. The number of imidazole rings is 3. The van der Waals surface area contributed by atoms with Crippen LogP contribution in [0.5, 0.6) is 0 Å². The molecule has 0 unspecified atom stereocenters. The lowest BCUT2D eigenvalue weighted by Crippen LogP contribution is -2.32. The molecule has 0 aliphatic heterocycles. The molecular weight excluding hydrogens is 636 g/mol. The Balaban J connectivity index is 0.000000585. The fourth-order valence-corrected chi connectivity index (χ4v) is 7.25. The van der Waals surface area contributed by atoms with E-state index in [1.165, 1.54) is 32.6 Å². The topological polar surface area (TPSA) is 113 Å². The van der Waals surface area contributed by atoms with E-state index in [9.17, 15) is 0 Å². The summed E-state index contributed by atoms with van der Waals surface area (Å²) in [4.78, 5) is 25.6. The van der Waals surface area contributed by atoms with E-state index in [0.29, 0.717) is 0 Å². The molecular formula is C30H57N6O4PS3. The molecule has 0 saturated heterocycles. The largest absolute Gasteiger partial charge is 0.822 e. The van der Waals surface area contributed by atoms with Gasteiger partial charge in [0.15, 0.2) is 0 Å². The molecule has 0 aliphatic carbocycles. The Bertz CT molecular complexity index is 1140. The number of hydrogen-bond acceptors (Lipinski definition) is 7. The second-order valence-corrected chi connectivity index (χ2v) is 14.1. The predicted octanol–water partition coefficient (Wildman–Crippen LogP) is 3.20. The van der Waals surface area contributed by atoms with Crippen molar-refractivity contribution < 1.29 is 32.9 Å². The zero-order valence-electron chi connectivity index (χ0n) is 29.1. The predicted molar refractivity (Wildman–Crippen MR) is 179 cm³/mol. The molecule has 0 aromatic carbocycles. The maximum absolute atomic E-state index is 8.55. The highest BCUT2D eigenvalue weighted by molar-refractivity contribution is 7.99. The number of thioether (sulfide) groups is 3. The minimum atomic E-state index is -5.39. The van der Waals surface area contributed by atoms with Crippen molar-refractivity contribution in [2.75, 3.05) is 17.3 Å². The SMILES string of the molecule is CCSc1n(C)c(CC)c[n+]1CC.CCSc1n(C)c(CC)c[n+]1CC.CCSc1n(C)c(CC)c[n+]1CC.O=P([O-])([O-])[O-]. The molecule has 3 heterocycles. The third kappa shape index (κ3) is 14.1. The van der Waals surface area contributed by atoms with Crippen LogP contribution in [0.1, 0.15) is 79.4 Å². The van der Waals surface area contributed by atoms with Gasteiger partial charge < -0.3 is 19.2 Å². The van der Waals surface area contributed by atoms with Gasteiger partial charge in [-0.25, -0.2) is 27.4 Å². The zero-order chi connectivity index (χ0) is 34.0. The van der Waals surface area contributed by atoms with Gasteiger partial charge in [0, 0.05) is 36.5 Å². The molecule has 14 heteroatoms. The van der Waals surface area contributed by atoms with Crippen LogP contribution in [0.2, 0.25) is 0 Å². The van der Waals surface area contributed by atoms with Crippen molar-refractivity contribution in [1.29, 1.82) is 0 Å². The van der Waals surface area contributed by atoms with Crippen molar-refractivity contribution in [2.24, 2.45) is 21.1 Å². The molecule has 3 aromatic rings. The summed E-state index contributed by atoms with van der Waals surface area (Å²) in [5.74, 6) is 3.42. The molecule has 0 saturated carbocycles. The third-order valence-electron chi connectivity index (χ3n) is 6.73. The zero-order valence-corrected chi connectivity index (χ0v) is 32.4. The molecule has 10 nitrogen and oxygen atoms in total. The van der Waals surface area contributed by atoms with Gasteiger partial charge in [-0.3, -0.25) is 0 Å². The Labute approximate surface area is 279 Å². The fourth-order valence-electron chi connectivity index (χ4n) is 4.50. The quantitative estimate of drug-likeness (QED) is 0.163. The molecule has 0 bridgehead atoms. The summed E-state index contributed by atoms with van der Waals surface area (Å²) >= 11 is 5.75. The lowest BCUT2D eigenvalue weighted by atomic mass is 10.4. The smallest absolute Gasteiger partial charge is 0.317 e. The molecule has 254 valence electrons. The molecule has 0 radical (unpaired) electrons. The Morgan fingerprint density at radius 2 is 0.750 bits per heavy atom. The summed E-state index contributed by atoms with van der Waals surface area (Å²) in [6, 6.07) is 0. The van der Waals surface area contributed by atoms with E-state index >= 15 is 0 Å². The van der Waals surface area contributed by atoms with Crippen LogP contribution in [0.4, 0.5) is 0 Å².